The minimum Gasteiger partial charge on any atom is -0.496 e. The normalized spacial score (nSPS) is 20.8. The van der Waals surface area contributed by atoms with E-state index in [-0.39, 0.29) is 29.6 Å². The van der Waals surface area contributed by atoms with Crippen molar-refractivity contribution in [2.75, 3.05) is 28.4 Å². The molecule has 1 fully saturated rings. The predicted octanol–water partition coefficient (Wildman–Crippen LogP) is 6.76. The van der Waals surface area contributed by atoms with E-state index in [0.717, 1.165) is 11.1 Å². The smallest absolute Gasteiger partial charge is 0.252 e. The van der Waals surface area contributed by atoms with Crippen molar-refractivity contribution in [1.29, 1.82) is 0 Å². The maximum Gasteiger partial charge on any atom is 0.252 e. The number of carbonyl (C=O) groups excluding carboxylic acids is 1. The van der Waals surface area contributed by atoms with Crippen LogP contribution in [0.3, 0.4) is 0 Å². The number of rotatable bonds is 11. The average Bonchev–Trinajstić information content (AvgIpc) is 3.33. The molecule has 1 saturated heterocycles. The largest absolute Gasteiger partial charge is 0.496 e. The highest BCUT2D eigenvalue weighted by Gasteiger charge is 2.41. The summed E-state index contributed by atoms with van der Waals surface area (Å²) in [5.74, 6) is 1.96. The fraction of sp³-hybridized carbons (Fsp3) is 0.406. The summed E-state index contributed by atoms with van der Waals surface area (Å²) in [7, 11) is 6.12. The summed E-state index contributed by atoms with van der Waals surface area (Å²) in [6, 6.07) is 16.0. The highest BCUT2D eigenvalue weighted by atomic mass is 16.5. The Labute approximate surface area is 250 Å². The third-order valence-corrected chi connectivity index (χ3v) is 8.02. The lowest BCUT2D eigenvalue weighted by Gasteiger charge is -2.24. The Kier molecular flexibility index (Phi) is 10.0. The van der Waals surface area contributed by atoms with Crippen LogP contribution < -0.4 is 23.7 Å². The quantitative estimate of drug-likeness (QED) is 0.146. The van der Waals surface area contributed by atoms with Crippen LogP contribution in [0.15, 0.2) is 59.7 Å². The van der Waals surface area contributed by atoms with E-state index in [1.54, 1.807) is 64.7 Å². The van der Waals surface area contributed by atoms with E-state index < -0.39 is 18.1 Å². The van der Waals surface area contributed by atoms with Crippen LogP contribution in [-0.4, -0.2) is 45.6 Å². The standard InChI is InChI=1S/C32H37N3O8/c1-17-18(2)31(43-30(17)21-8-11-23(26(15-21)39-5)32(37)34-35-33)22-10-13-25(28(16-22)41-7)42-19(3)29(36)20-9-12-24(38-4)27(14-20)40-6/h8-19,29-31,36H,1-7H3. The van der Waals surface area contributed by atoms with Crippen molar-refractivity contribution in [3.05, 3.63) is 87.3 Å². The number of hydrogen-bond donors (Lipinski definition) is 1. The molecule has 43 heavy (non-hydrogen) atoms. The minimum absolute atomic E-state index is 0.131. The molecule has 0 aliphatic carbocycles. The van der Waals surface area contributed by atoms with Crippen molar-refractivity contribution in [2.45, 2.75) is 45.2 Å². The summed E-state index contributed by atoms with van der Waals surface area (Å²) in [6.45, 7) is 6.03. The van der Waals surface area contributed by atoms with Crippen LogP contribution in [0, 0.1) is 11.8 Å². The second kappa shape index (κ2) is 13.7. The van der Waals surface area contributed by atoms with Crippen molar-refractivity contribution in [3.63, 3.8) is 0 Å². The number of amides is 1. The van der Waals surface area contributed by atoms with Crippen LogP contribution in [0.4, 0.5) is 0 Å². The molecular weight excluding hydrogens is 554 g/mol. The molecule has 6 unspecified atom stereocenters. The van der Waals surface area contributed by atoms with Gasteiger partial charge in [0, 0.05) is 4.91 Å². The highest BCUT2D eigenvalue weighted by molar-refractivity contribution is 5.97. The monoisotopic (exact) mass is 591 g/mol. The number of methoxy groups -OCH3 is 4. The number of carbonyl (C=O) groups is 1. The van der Waals surface area contributed by atoms with Gasteiger partial charge in [-0.15, -0.1) is 0 Å². The zero-order chi connectivity index (χ0) is 31.3. The van der Waals surface area contributed by atoms with Crippen LogP contribution in [0.2, 0.25) is 0 Å². The molecule has 11 nitrogen and oxygen atoms in total. The zero-order valence-electron chi connectivity index (χ0n) is 25.3. The van der Waals surface area contributed by atoms with E-state index in [1.165, 1.54) is 7.11 Å². The molecule has 1 aliphatic rings. The van der Waals surface area contributed by atoms with E-state index in [2.05, 4.69) is 23.9 Å². The minimum atomic E-state index is -0.936. The van der Waals surface area contributed by atoms with Crippen LogP contribution in [0.5, 0.6) is 28.7 Å². The Morgan fingerprint density at radius 3 is 1.93 bits per heavy atom. The lowest BCUT2D eigenvalue weighted by atomic mass is 9.85. The van der Waals surface area contributed by atoms with E-state index in [0.29, 0.717) is 34.3 Å². The van der Waals surface area contributed by atoms with Gasteiger partial charge in [0.25, 0.3) is 5.91 Å². The molecule has 3 aromatic rings. The van der Waals surface area contributed by atoms with Crippen LogP contribution in [0.25, 0.3) is 10.4 Å². The fourth-order valence-electron chi connectivity index (χ4n) is 5.41. The summed E-state index contributed by atoms with van der Waals surface area (Å²) < 4.78 is 34.5. The van der Waals surface area contributed by atoms with E-state index in [4.69, 9.17) is 34.0 Å². The Morgan fingerprint density at radius 2 is 1.35 bits per heavy atom. The van der Waals surface area contributed by atoms with Gasteiger partial charge in [-0.1, -0.05) is 32.0 Å². The Bertz CT molecular complexity index is 1510. The first-order valence-corrected chi connectivity index (χ1v) is 13.8. The third kappa shape index (κ3) is 6.49. The maximum absolute atomic E-state index is 12.1. The Morgan fingerprint density at radius 1 is 0.814 bits per heavy atom. The zero-order valence-corrected chi connectivity index (χ0v) is 25.3. The molecule has 0 spiro atoms. The first-order chi connectivity index (χ1) is 20.7. The molecule has 0 bridgehead atoms. The van der Waals surface area contributed by atoms with Gasteiger partial charge in [0.05, 0.1) is 46.2 Å². The topological polar surface area (TPSA) is 141 Å². The molecule has 0 radical (unpaired) electrons. The van der Waals surface area contributed by atoms with Crippen LogP contribution in [0.1, 0.15) is 66.1 Å². The summed E-state index contributed by atoms with van der Waals surface area (Å²) in [4.78, 5) is 14.7. The Hall–Kier alpha value is -4.44. The predicted molar refractivity (Wildman–Crippen MR) is 159 cm³/mol. The molecule has 3 aromatic carbocycles. The molecule has 1 N–H and O–H groups in total. The molecular formula is C32H37N3O8. The molecule has 4 rings (SSSR count). The number of hydrogen-bond acceptors (Lipinski definition) is 8. The van der Waals surface area contributed by atoms with Crippen molar-refractivity contribution in [3.8, 4) is 28.7 Å². The van der Waals surface area contributed by atoms with E-state index in [1.807, 2.05) is 18.2 Å². The lowest BCUT2D eigenvalue weighted by Crippen LogP contribution is -2.22. The Balaban J connectivity index is 1.53. The molecule has 1 aliphatic heterocycles. The molecule has 0 aromatic heterocycles. The van der Waals surface area contributed by atoms with Gasteiger partial charge in [-0.25, -0.2) is 0 Å². The second-order valence-electron chi connectivity index (χ2n) is 10.4. The van der Waals surface area contributed by atoms with Crippen LogP contribution in [-0.2, 0) is 4.74 Å². The van der Waals surface area contributed by atoms with E-state index >= 15 is 0 Å². The molecule has 11 heteroatoms. The molecule has 228 valence electrons. The molecule has 1 amide bonds. The fourth-order valence-corrected chi connectivity index (χ4v) is 5.41. The first kappa shape index (κ1) is 31.5. The number of ether oxygens (including phenoxy) is 6. The van der Waals surface area contributed by atoms with Gasteiger partial charge in [0.2, 0.25) is 0 Å². The SMILES string of the molecule is COc1ccc(C(O)C(C)Oc2ccc(C3OC(c4ccc(C(=O)N=[N+]=[N-])c(OC)c4)C(C)C3C)cc2OC)cc1OC. The molecule has 1 heterocycles. The number of nitrogens with zero attached hydrogens (tertiary/aromatic N) is 3. The van der Waals surface area contributed by atoms with E-state index in [9.17, 15) is 9.90 Å². The van der Waals surface area contributed by atoms with Gasteiger partial charge in [-0.3, -0.25) is 4.79 Å². The van der Waals surface area contributed by atoms with Crippen molar-refractivity contribution >= 4 is 5.91 Å². The second-order valence-corrected chi connectivity index (χ2v) is 10.4. The van der Waals surface area contributed by atoms with Crippen molar-refractivity contribution in [1.82, 2.24) is 0 Å². The molecule has 6 atom stereocenters. The van der Waals surface area contributed by atoms with Gasteiger partial charge in [-0.05, 0) is 82.5 Å². The van der Waals surface area contributed by atoms with Gasteiger partial charge >= 0.3 is 0 Å². The summed E-state index contributed by atoms with van der Waals surface area (Å²) in [5, 5.41) is 14.2. The summed E-state index contributed by atoms with van der Waals surface area (Å²) in [5.41, 5.74) is 11.2. The summed E-state index contributed by atoms with van der Waals surface area (Å²) in [6.07, 6.45) is -2.05. The maximum atomic E-state index is 12.1. The number of aliphatic hydroxyl groups excluding tert-OH is 1. The third-order valence-electron chi connectivity index (χ3n) is 8.02. The first-order valence-electron chi connectivity index (χ1n) is 13.8. The average molecular weight is 592 g/mol. The highest BCUT2D eigenvalue weighted by Crippen LogP contribution is 2.50. The van der Waals surface area contributed by atoms with Crippen molar-refractivity contribution < 1.29 is 38.3 Å². The van der Waals surface area contributed by atoms with Gasteiger partial charge in [0.1, 0.15) is 18.0 Å². The van der Waals surface area contributed by atoms with Gasteiger partial charge in [-0.2, -0.15) is 0 Å². The molecule has 0 saturated carbocycles. The van der Waals surface area contributed by atoms with Gasteiger partial charge in [0.15, 0.2) is 23.0 Å². The lowest BCUT2D eigenvalue weighted by molar-refractivity contribution is 0.0285. The number of aliphatic hydroxyl groups is 1. The van der Waals surface area contributed by atoms with Gasteiger partial charge < -0.3 is 33.5 Å². The number of azide groups is 1. The number of benzene rings is 3. The summed E-state index contributed by atoms with van der Waals surface area (Å²) >= 11 is 0. The van der Waals surface area contributed by atoms with Crippen molar-refractivity contribution in [2.24, 2.45) is 17.0 Å². The van der Waals surface area contributed by atoms with Crippen LogP contribution >= 0.6 is 0 Å².